The van der Waals surface area contributed by atoms with Crippen LogP contribution >= 0.6 is 0 Å². The molecule has 5 rings (SSSR count). The van der Waals surface area contributed by atoms with Gasteiger partial charge in [0.25, 0.3) is 5.91 Å². The number of nitrogens with zero attached hydrogens (tertiary/aromatic N) is 1. The van der Waals surface area contributed by atoms with Crippen LogP contribution in [-0.2, 0) is 0 Å². The fraction of sp³-hybridized carbons (Fsp3) is 0.480. The first-order chi connectivity index (χ1) is 14.7. The molecule has 2 fully saturated rings. The number of methoxy groups -OCH3 is 2. The summed E-state index contributed by atoms with van der Waals surface area (Å²) in [7, 11) is 3.28. The second-order valence-electron chi connectivity index (χ2n) is 8.66. The molecule has 1 atom stereocenters. The number of benzene rings is 2. The molecule has 2 aliphatic carbocycles. The normalized spacial score (nSPS) is 21.1. The molecule has 30 heavy (non-hydrogen) atoms. The predicted octanol–water partition coefficient (Wildman–Crippen LogP) is 5.53. The van der Waals surface area contributed by atoms with E-state index < -0.39 is 0 Å². The van der Waals surface area contributed by atoms with Crippen molar-refractivity contribution in [3.8, 4) is 17.2 Å². The zero-order chi connectivity index (χ0) is 20.7. The van der Waals surface area contributed by atoms with Gasteiger partial charge >= 0.3 is 0 Å². The molecule has 1 aliphatic heterocycles. The number of ether oxygens (including phenoxy) is 3. The highest BCUT2D eigenvalue weighted by Crippen LogP contribution is 2.50. The molecule has 5 heteroatoms. The zero-order valence-electron chi connectivity index (χ0n) is 17.7. The Morgan fingerprint density at radius 3 is 2.37 bits per heavy atom. The average molecular weight is 408 g/mol. The molecule has 0 N–H and O–H groups in total. The lowest BCUT2D eigenvalue weighted by Crippen LogP contribution is -2.28. The number of anilines is 1. The van der Waals surface area contributed by atoms with Gasteiger partial charge in [0, 0.05) is 17.7 Å². The number of rotatable bonds is 7. The summed E-state index contributed by atoms with van der Waals surface area (Å²) in [6, 6.07) is 11.8. The molecule has 0 aromatic heterocycles. The number of carbonyl (C=O) groups is 1. The molecule has 2 saturated carbocycles. The number of hydrogen-bond acceptors (Lipinski definition) is 4. The van der Waals surface area contributed by atoms with Crippen LogP contribution in [0.4, 0.5) is 5.69 Å². The van der Waals surface area contributed by atoms with Crippen LogP contribution in [0.5, 0.6) is 17.2 Å². The first kappa shape index (κ1) is 19.3. The SMILES string of the molecule is COc1cc(OC)c(N2C(=O)c3ccccc3C2CC2CC2)cc1OC1CCCC1. The standard InChI is InChI=1S/C25H29NO4/c1-28-22-15-23(29-2)24(30-17-7-3-4-8-17)14-21(22)26-20(13-16-11-12-16)18-9-5-6-10-19(18)25(26)27/h5-6,9-10,14-17,20H,3-4,7-8,11-13H2,1-2H3. The van der Waals surface area contributed by atoms with Crippen LogP contribution in [0, 0.1) is 5.92 Å². The largest absolute Gasteiger partial charge is 0.494 e. The number of carbonyl (C=O) groups excluding carboxylic acids is 1. The van der Waals surface area contributed by atoms with Crippen molar-refractivity contribution < 1.29 is 19.0 Å². The molecule has 158 valence electrons. The first-order valence-corrected chi connectivity index (χ1v) is 11.0. The Hall–Kier alpha value is -2.69. The third-order valence-electron chi connectivity index (χ3n) is 6.65. The van der Waals surface area contributed by atoms with E-state index in [0.29, 0.717) is 23.2 Å². The molecular weight excluding hydrogens is 378 g/mol. The molecule has 2 aromatic rings. The minimum absolute atomic E-state index is 0.0304. The van der Waals surface area contributed by atoms with Gasteiger partial charge in [0.2, 0.25) is 0 Å². The van der Waals surface area contributed by atoms with Gasteiger partial charge in [0.05, 0.1) is 32.1 Å². The van der Waals surface area contributed by atoms with Gasteiger partial charge in [-0.1, -0.05) is 31.0 Å². The quantitative estimate of drug-likeness (QED) is 0.606. The van der Waals surface area contributed by atoms with Gasteiger partial charge in [-0.25, -0.2) is 0 Å². The van der Waals surface area contributed by atoms with Crippen molar-refractivity contribution >= 4 is 11.6 Å². The first-order valence-electron chi connectivity index (χ1n) is 11.0. The Kier molecular flexibility index (Phi) is 5.05. The predicted molar refractivity (Wildman–Crippen MR) is 116 cm³/mol. The zero-order valence-corrected chi connectivity index (χ0v) is 17.7. The van der Waals surface area contributed by atoms with Crippen molar-refractivity contribution in [2.45, 2.75) is 57.1 Å². The molecule has 2 aromatic carbocycles. The average Bonchev–Trinajstić information content (AvgIpc) is 3.37. The molecule has 0 bridgehead atoms. The minimum atomic E-state index is 0.0304. The molecule has 1 amide bonds. The fourth-order valence-electron chi connectivity index (χ4n) is 4.89. The Balaban J connectivity index is 1.57. The van der Waals surface area contributed by atoms with E-state index in [4.69, 9.17) is 14.2 Å². The lowest BCUT2D eigenvalue weighted by atomic mass is 10.00. The summed E-state index contributed by atoms with van der Waals surface area (Å²) in [4.78, 5) is 15.4. The lowest BCUT2D eigenvalue weighted by Gasteiger charge is -2.28. The maximum Gasteiger partial charge on any atom is 0.259 e. The van der Waals surface area contributed by atoms with Gasteiger partial charge in [-0.2, -0.15) is 0 Å². The smallest absolute Gasteiger partial charge is 0.259 e. The molecule has 5 nitrogen and oxygen atoms in total. The summed E-state index contributed by atoms with van der Waals surface area (Å²) in [5, 5.41) is 0. The van der Waals surface area contributed by atoms with Crippen molar-refractivity contribution in [2.24, 2.45) is 5.92 Å². The molecule has 0 spiro atoms. The van der Waals surface area contributed by atoms with E-state index in [2.05, 4.69) is 6.07 Å². The summed E-state index contributed by atoms with van der Waals surface area (Å²) < 4.78 is 17.6. The van der Waals surface area contributed by atoms with Crippen molar-refractivity contribution in [3.05, 3.63) is 47.5 Å². The van der Waals surface area contributed by atoms with E-state index in [-0.39, 0.29) is 18.1 Å². The Labute approximate surface area is 177 Å². The molecular formula is C25H29NO4. The summed E-state index contributed by atoms with van der Waals surface area (Å²) in [5.74, 6) is 2.69. The minimum Gasteiger partial charge on any atom is -0.494 e. The molecule has 1 unspecified atom stereocenters. The summed E-state index contributed by atoms with van der Waals surface area (Å²) >= 11 is 0. The highest BCUT2D eigenvalue weighted by molar-refractivity contribution is 6.12. The monoisotopic (exact) mass is 407 g/mol. The van der Waals surface area contributed by atoms with Crippen LogP contribution in [0.15, 0.2) is 36.4 Å². The van der Waals surface area contributed by atoms with Crippen LogP contribution in [0.3, 0.4) is 0 Å². The number of hydrogen-bond donors (Lipinski definition) is 0. The van der Waals surface area contributed by atoms with Gasteiger partial charge in [-0.05, 0) is 49.7 Å². The van der Waals surface area contributed by atoms with Crippen molar-refractivity contribution in [1.29, 1.82) is 0 Å². The summed E-state index contributed by atoms with van der Waals surface area (Å²) in [6.45, 7) is 0. The number of amides is 1. The maximum absolute atomic E-state index is 13.5. The highest BCUT2D eigenvalue weighted by Gasteiger charge is 2.42. The lowest BCUT2D eigenvalue weighted by molar-refractivity contribution is 0.0989. The van der Waals surface area contributed by atoms with E-state index in [1.165, 1.54) is 25.7 Å². The van der Waals surface area contributed by atoms with Crippen LogP contribution in [0.25, 0.3) is 0 Å². The topological polar surface area (TPSA) is 48.0 Å². The molecule has 3 aliphatic rings. The van der Waals surface area contributed by atoms with Crippen LogP contribution in [0.2, 0.25) is 0 Å². The Morgan fingerprint density at radius 2 is 1.67 bits per heavy atom. The van der Waals surface area contributed by atoms with Gasteiger partial charge in [0.15, 0.2) is 11.5 Å². The summed E-state index contributed by atoms with van der Waals surface area (Å²) in [5.41, 5.74) is 2.67. The van der Waals surface area contributed by atoms with E-state index in [1.54, 1.807) is 14.2 Å². The van der Waals surface area contributed by atoms with E-state index >= 15 is 0 Å². The van der Waals surface area contributed by atoms with Gasteiger partial charge in [-0.15, -0.1) is 0 Å². The van der Waals surface area contributed by atoms with E-state index in [1.807, 2.05) is 35.2 Å². The van der Waals surface area contributed by atoms with Gasteiger partial charge in [0.1, 0.15) is 5.75 Å². The maximum atomic E-state index is 13.5. The van der Waals surface area contributed by atoms with Gasteiger partial charge in [-0.3, -0.25) is 9.69 Å². The highest BCUT2D eigenvalue weighted by atomic mass is 16.5. The Morgan fingerprint density at radius 1 is 0.933 bits per heavy atom. The Bertz CT molecular complexity index is 946. The van der Waals surface area contributed by atoms with Crippen molar-refractivity contribution in [2.75, 3.05) is 19.1 Å². The summed E-state index contributed by atoms with van der Waals surface area (Å²) in [6.07, 6.45) is 8.18. The second kappa shape index (κ2) is 7.86. The van der Waals surface area contributed by atoms with Crippen LogP contribution < -0.4 is 19.1 Å². The van der Waals surface area contributed by atoms with Crippen molar-refractivity contribution in [3.63, 3.8) is 0 Å². The van der Waals surface area contributed by atoms with Crippen LogP contribution in [0.1, 0.15) is 66.9 Å². The fourth-order valence-corrected chi connectivity index (χ4v) is 4.89. The van der Waals surface area contributed by atoms with Gasteiger partial charge < -0.3 is 14.2 Å². The van der Waals surface area contributed by atoms with E-state index in [0.717, 1.165) is 36.1 Å². The second-order valence-corrected chi connectivity index (χ2v) is 8.66. The number of fused-ring (bicyclic) bond motifs is 1. The van der Waals surface area contributed by atoms with Crippen molar-refractivity contribution in [1.82, 2.24) is 0 Å². The third kappa shape index (κ3) is 3.40. The molecule has 1 heterocycles. The van der Waals surface area contributed by atoms with Crippen LogP contribution in [-0.4, -0.2) is 26.2 Å². The molecule has 0 radical (unpaired) electrons. The molecule has 0 saturated heterocycles. The third-order valence-corrected chi connectivity index (χ3v) is 6.65. The van der Waals surface area contributed by atoms with E-state index in [9.17, 15) is 4.79 Å².